The van der Waals surface area contributed by atoms with Gasteiger partial charge in [-0.05, 0) is 38.8 Å². The first-order valence-corrected chi connectivity index (χ1v) is 10.7. The van der Waals surface area contributed by atoms with Crippen LogP contribution in [0.5, 0.6) is 0 Å². The van der Waals surface area contributed by atoms with Gasteiger partial charge in [0.05, 0.1) is 17.2 Å². The number of hydrogen-bond acceptors (Lipinski definition) is 6. The molecule has 0 radical (unpaired) electrons. The second-order valence-electron chi connectivity index (χ2n) is 6.78. The number of aromatic amines is 1. The summed E-state index contributed by atoms with van der Waals surface area (Å²) >= 11 is 3.12. The molecule has 0 saturated carbocycles. The maximum atomic E-state index is 12.6. The number of aryl methyl sites for hydroxylation is 3. The van der Waals surface area contributed by atoms with Crippen molar-refractivity contribution < 1.29 is 0 Å². The summed E-state index contributed by atoms with van der Waals surface area (Å²) < 4.78 is 2.09. The molecule has 6 nitrogen and oxygen atoms in total. The standard InChI is InChI=1S/C20H21N5OS2/c1-11-12(2)27-19-16(11)18(26)21-17(22-19)13(3)28-20-24-23-14(4)25(20)10-15-8-6-5-7-9-15/h5-9,13H,10H2,1-4H3,(H,21,22,26). The van der Waals surface area contributed by atoms with Crippen molar-refractivity contribution in [3.8, 4) is 0 Å². The highest BCUT2D eigenvalue weighted by Crippen LogP contribution is 2.34. The molecular formula is C20H21N5OS2. The highest BCUT2D eigenvalue weighted by molar-refractivity contribution is 7.99. The van der Waals surface area contributed by atoms with Gasteiger partial charge < -0.3 is 9.55 Å². The topological polar surface area (TPSA) is 76.5 Å². The molecule has 3 heterocycles. The molecule has 3 aromatic heterocycles. The van der Waals surface area contributed by atoms with Crippen molar-refractivity contribution in [3.63, 3.8) is 0 Å². The lowest BCUT2D eigenvalue weighted by Crippen LogP contribution is -2.13. The predicted molar refractivity (Wildman–Crippen MR) is 114 cm³/mol. The minimum atomic E-state index is -0.0729. The summed E-state index contributed by atoms with van der Waals surface area (Å²) in [6, 6.07) is 10.2. The molecule has 28 heavy (non-hydrogen) atoms. The van der Waals surface area contributed by atoms with Crippen LogP contribution in [0.1, 0.15) is 39.8 Å². The number of hydrogen-bond donors (Lipinski definition) is 1. The molecule has 0 spiro atoms. The van der Waals surface area contributed by atoms with Crippen LogP contribution in [0.25, 0.3) is 10.2 Å². The number of H-pyrrole nitrogens is 1. The van der Waals surface area contributed by atoms with E-state index in [1.807, 2.05) is 45.9 Å². The summed E-state index contributed by atoms with van der Waals surface area (Å²) in [7, 11) is 0. The second kappa shape index (κ2) is 7.52. The number of thiophene rings is 1. The Bertz CT molecular complexity index is 1190. The van der Waals surface area contributed by atoms with Crippen LogP contribution in [-0.4, -0.2) is 24.7 Å². The Morgan fingerprint density at radius 3 is 2.68 bits per heavy atom. The third-order valence-corrected chi connectivity index (χ3v) is 7.00. The van der Waals surface area contributed by atoms with E-state index in [1.54, 1.807) is 23.1 Å². The molecule has 4 rings (SSSR count). The molecule has 1 N–H and O–H groups in total. The molecule has 0 aliphatic carbocycles. The first kappa shape index (κ1) is 18.9. The Morgan fingerprint density at radius 1 is 1.18 bits per heavy atom. The van der Waals surface area contributed by atoms with E-state index >= 15 is 0 Å². The van der Waals surface area contributed by atoms with Crippen LogP contribution in [0.2, 0.25) is 0 Å². The predicted octanol–water partition coefficient (Wildman–Crippen LogP) is 4.40. The Morgan fingerprint density at radius 2 is 1.93 bits per heavy atom. The smallest absolute Gasteiger partial charge is 0.259 e. The van der Waals surface area contributed by atoms with Gasteiger partial charge in [0.25, 0.3) is 5.56 Å². The van der Waals surface area contributed by atoms with E-state index in [2.05, 4.69) is 31.9 Å². The Hall–Kier alpha value is -2.45. The lowest BCUT2D eigenvalue weighted by molar-refractivity contribution is 0.686. The molecule has 1 unspecified atom stereocenters. The Balaban J connectivity index is 1.63. The monoisotopic (exact) mass is 411 g/mol. The van der Waals surface area contributed by atoms with Crippen molar-refractivity contribution in [1.82, 2.24) is 24.7 Å². The van der Waals surface area contributed by atoms with Crippen LogP contribution < -0.4 is 5.56 Å². The maximum absolute atomic E-state index is 12.6. The largest absolute Gasteiger partial charge is 0.309 e. The number of benzene rings is 1. The van der Waals surface area contributed by atoms with Crippen molar-refractivity contribution in [1.29, 1.82) is 0 Å². The SMILES string of the molecule is Cc1sc2nc(C(C)Sc3nnc(C)n3Cc3ccccc3)[nH]c(=O)c2c1C. The molecule has 0 fully saturated rings. The van der Waals surface area contributed by atoms with Crippen LogP contribution >= 0.6 is 23.1 Å². The number of aromatic nitrogens is 5. The number of fused-ring (bicyclic) bond motifs is 1. The zero-order valence-electron chi connectivity index (χ0n) is 16.2. The van der Waals surface area contributed by atoms with Gasteiger partial charge in [-0.15, -0.1) is 21.5 Å². The van der Waals surface area contributed by atoms with E-state index in [0.29, 0.717) is 17.8 Å². The third kappa shape index (κ3) is 3.49. The molecule has 0 aliphatic rings. The first-order chi connectivity index (χ1) is 13.4. The van der Waals surface area contributed by atoms with Gasteiger partial charge in [-0.25, -0.2) is 4.98 Å². The zero-order chi connectivity index (χ0) is 19.8. The van der Waals surface area contributed by atoms with E-state index in [0.717, 1.165) is 26.3 Å². The summed E-state index contributed by atoms with van der Waals surface area (Å²) in [4.78, 5) is 22.2. The fourth-order valence-corrected chi connectivity index (χ4v) is 5.06. The van der Waals surface area contributed by atoms with Crippen molar-refractivity contribution >= 4 is 33.3 Å². The van der Waals surface area contributed by atoms with Crippen molar-refractivity contribution in [3.05, 3.63) is 68.3 Å². The van der Waals surface area contributed by atoms with E-state index in [9.17, 15) is 4.79 Å². The molecular weight excluding hydrogens is 390 g/mol. The summed E-state index contributed by atoms with van der Waals surface area (Å²) in [6.45, 7) is 8.68. The normalized spacial score (nSPS) is 12.6. The van der Waals surface area contributed by atoms with Crippen LogP contribution in [-0.2, 0) is 6.54 Å². The summed E-state index contributed by atoms with van der Waals surface area (Å²) in [5.74, 6) is 1.52. The van der Waals surface area contributed by atoms with Crippen molar-refractivity contribution in [2.24, 2.45) is 0 Å². The second-order valence-corrected chi connectivity index (χ2v) is 9.29. The number of thioether (sulfide) groups is 1. The van der Waals surface area contributed by atoms with Crippen LogP contribution in [0, 0.1) is 20.8 Å². The zero-order valence-corrected chi connectivity index (χ0v) is 17.8. The number of rotatable bonds is 5. The fraction of sp³-hybridized carbons (Fsp3) is 0.300. The van der Waals surface area contributed by atoms with E-state index in [1.165, 1.54) is 5.56 Å². The van der Waals surface area contributed by atoms with Crippen LogP contribution in [0.3, 0.4) is 0 Å². The minimum Gasteiger partial charge on any atom is -0.309 e. The van der Waals surface area contributed by atoms with Crippen molar-refractivity contribution in [2.75, 3.05) is 0 Å². The molecule has 4 aromatic rings. The lowest BCUT2D eigenvalue weighted by Gasteiger charge is -2.12. The van der Waals surface area contributed by atoms with Gasteiger partial charge in [0, 0.05) is 4.88 Å². The lowest BCUT2D eigenvalue weighted by atomic mass is 10.2. The number of nitrogens with zero attached hydrogens (tertiary/aromatic N) is 4. The minimum absolute atomic E-state index is 0.0575. The maximum Gasteiger partial charge on any atom is 0.259 e. The molecule has 1 atom stereocenters. The summed E-state index contributed by atoms with van der Waals surface area (Å²) in [5, 5.41) is 10.0. The summed E-state index contributed by atoms with van der Waals surface area (Å²) in [6.07, 6.45) is 0. The van der Waals surface area contributed by atoms with Crippen LogP contribution in [0.15, 0.2) is 40.3 Å². The van der Waals surface area contributed by atoms with Gasteiger partial charge in [0.1, 0.15) is 16.5 Å². The van der Waals surface area contributed by atoms with Crippen LogP contribution in [0.4, 0.5) is 0 Å². The van der Waals surface area contributed by atoms with E-state index in [4.69, 9.17) is 4.98 Å². The van der Waals surface area contributed by atoms with E-state index in [-0.39, 0.29) is 10.8 Å². The van der Waals surface area contributed by atoms with Gasteiger partial charge in [0.15, 0.2) is 5.16 Å². The molecule has 1 aromatic carbocycles. The quantitative estimate of drug-likeness (QED) is 0.493. The average Bonchev–Trinajstić information content (AvgIpc) is 3.16. The highest BCUT2D eigenvalue weighted by atomic mass is 32.2. The molecule has 0 bridgehead atoms. The van der Waals surface area contributed by atoms with Gasteiger partial charge in [0.2, 0.25) is 0 Å². The molecule has 144 valence electrons. The van der Waals surface area contributed by atoms with Crippen molar-refractivity contribution in [2.45, 2.75) is 44.6 Å². The highest BCUT2D eigenvalue weighted by Gasteiger charge is 2.19. The number of nitrogens with one attached hydrogen (secondary N) is 1. The first-order valence-electron chi connectivity index (χ1n) is 9.04. The third-order valence-electron chi connectivity index (χ3n) is 4.81. The summed E-state index contributed by atoms with van der Waals surface area (Å²) in [5.41, 5.74) is 2.13. The molecule has 8 heteroatoms. The van der Waals surface area contributed by atoms with Gasteiger partial charge in [-0.3, -0.25) is 4.79 Å². The van der Waals surface area contributed by atoms with E-state index < -0.39 is 0 Å². The Labute approximate surface area is 171 Å². The fourth-order valence-electron chi connectivity index (χ4n) is 3.07. The molecule has 0 amide bonds. The van der Waals surface area contributed by atoms with Gasteiger partial charge in [-0.2, -0.15) is 0 Å². The molecule has 0 aliphatic heterocycles. The van der Waals surface area contributed by atoms with Gasteiger partial charge in [-0.1, -0.05) is 42.1 Å². The molecule has 0 saturated heterocycles. The Kier molecular flexibility index (Phi) is 5.07. The average molecular weight is 412 g/mol. The van der Waals surface area contributed by atoms with Gasteiger partial charge >= 0.3 is 0 Å².